The van der Waals surface area contributed by atoms with Crippen LogP contribution in [0.3, 0.4) is 0 Å². The second-order valence-electron chi connectivity index (χ2n) is 6.15. The van der Waals surface area contributed by atoms with Crippen molar-refractivity contribution in [3.05, 3.63) is 59.7 Å². The normalized spacial score (nSPS) is 14.3. The summed E-state index contributed by atoms with van der Waals surface area (Å²) in [5.41, 5.74) is 1.45. The molecule has 1 aliphatic rings. The minimum Gasteiger partial charge on any atom is -0.368 e. The highest BCUT2D eigenvalue weighted by Crippen LogP contribution is 2.20. The number of hydrogen-bond acceptors (Lipinski definition) is 3. The van der Waals surface area contributed by atoms with Crippen LogP contribution in [0.1, 0.15) is 17.3 Å². The number of halogens is 2. The summed E-state index contributed by atoms with van der Waals surface area (Å²) >= 11 is 0. The van der Waals surface area contributed by atoms with E-state index in [2.05, 4.69) is 10.2 Å². The van der Waals surface area contributed by atoms with Crippen LogP contribution >= 0.6 is 0 Å². The Labute approximate surface area is 150 Å². The second-order valence-corrected chi connectivity index (χ2v) is 6.15. The number of nitrogens with one attached hydrogen (secondary N) is 1. The molecule has 1 aliphatic heterocycles. The van der Waals surface area contributed by atoms with Crippen LogP contribution in [0.5, 0.6) is 0 Å². The van der Waals surface area contributed by atoms with E-state index in [0.717, 1.165) is 37.0 Å². The van der Waals surface area contributed by atoms with Gasteiger partial charge in [0.2, 0.25) is 5.91 Å². The average Bonchev–Trinajstić information content (AvgIpc) is 2.61. The Kier molecular flexibility index (Phi) is 5.16. The lowest BCUT2D eigenvalue weighted by Gasteiger charge is -2.35. The zero-order chi connectivity index (χ0) is 18.7. The van der Waals surface area contributed by atoms with Crippen molar-refractivity contribution in [2.24, 2.45) is 0 Å². The first-order valence-corrected chi connectivity index (χ1v) is 8.30. The zero-order valence-electron chi connectivity index (χ0n) is 14.3. The molecule has 1 fully saturated rings. The fourth-order valence-corrected chi connectivity index (χ4v) is 2.92. The van der Waals surface area contributed by atoms with Gasteiger partial charge >= 0.3 is 0 Å². The van der Waals surface area contributed by atoms with Gasteiger partial charge in [0.25, 0.3) is 5.91 Å². The molecule has 0 bridgehead atoms. The number of rotatable bonds is 3. The lowest BCUT2D eigenvalue weighted by atomic mass is 10.2. The quantitative estimate of drug-likeness (QED) is 0.917. The van der Waals surface area contributed by atoms with Crippen LogP contribution in [0.15, 0.2) is 42.5 Å². The summed E-state index contributed by atoms with van der Waals surface area (Å²) in [6.07, 6.45) is 0. The second kappa shape index (κ2) is 7.51. The van der Waals surface area contributed by atoms with E-state index in [-0.39, 0.29) is 11.5 Å². The highest BCUT2D eigenvalue weighted by atomic mass is 19.1. The van der Waals surface area contributed by atoms with Gasteiger partial charge in [0, 0.05) is 56.1 Å². The van der Waals surface area contributed by atoms with Crippen molar-refractivity contribution >= 4 is 23.2 Å². The predicted octanol–water partition coefficient (Wildman–Crippen LogP) is 2.89. The topological polar surface area (TPSA) is 52.7 Å². The Morgan fingerprint density at radius 1 is 0.923 bits per heavy atom. The Balaban J connectivity index is 1.63. The van der Waals surface area contributed by atoms with Gasteiger partial charge in [-0.15, -0.1) is 0 Å². The number of benzene rings is 2. The number of hydrogen-bond donors (Lipinski definition) is 1. The van der Waals surface area contributed by atoms with Crippen molar-refractivity contribution in [2.75, 3.05) is 36.4 Å². The van der Waals surface area contributed by atoms with Crippen molar-refractivity contribution in [3.63, 3.8) is 0 Å². The highest BCUT2D eigenvalue weighted by Gasteiger charge is 2.18. The van der Waals surface area contributed by atoms with E-state index in [4.69, 9.17) is 0 Å². The molecule has 0 unspecified atom stereocenters. The Morgan fingerprint density at radius 3 is 2.04 bits per heavy atom. The Bertz CT molecular complexity index is 796. The summed E-state index contributed by atoms with van der Waals surface area (Å²) in [4.78, 5) is 27.4. The van der Waals surface area contributed by atoms with Gasteiger partial charge in [-0.05, 0) is 36.4 Å². The van der Waals surface area contributed by atoms with Gasteiger partial charge in [-0.2, -0.15) is 0 Å². The van der Waals surface area contributed by atoms with Crippen molar-refractivity contribution in [1.82, 2.24) is 4.90 Å². The van der Waals surface area contributed by atoms with E-state index < -0.39 is 17.5 Å². The average molecular weight is 359 g/mol. The van der Waals surface area contributed by atoms with Gasteiger partial charge < -0.3 is 15.1 Å². The number of anilines is 2. The molecule has 0 spiro atoms. The zero-order valence-corrected chi connectivity index (χ0v) is 14.3. The number of nitrogens with zero attached hydrogens (tertiary/aromatic N) is 2. The lowest BCUT2D eigenvalue weighted by molar-refractivity contribution is -0.129. The molecule has 136 valence electrons. The minimum absolute atomic E-state index is 0.0769. The SMILES string of the molecule is CC(=O)N1CCN(c2ccc(NC(=O)c3cc(F)cc(F)c3)cc2)CC1. The molecular weight excluding hydrogens is 340 g/mol. The van der Waals surface area contributed by atoms with Crippen molar-refractivity contribution in [2.45, 2.75) is 6.92 Å². The van der Waals surface area contributed by atoms with Crippen molar-refractivity contribution < 1.29 is 18.4 Å². The van der Waals surface area contributed by atoms with Crippen molar-refractivity contribution in [1.29, 1.82) is 0 Å². The smallest absolute Gasteiger partial charge is 0.255 e. The third kappa shape index (κ3) is 4.17. The summed E-state index contributed by atoms with van der Waals surface area (Å²) < 4.78 is 26.4. The summed E-state index contributed by atoms with van der Waals surface area (Å²) in [6, 6.07) is 9.90. The molecule has 0 radical (unpaired) electrons. The molecule has 0 atom stereocenters. The molecule has 0 aliphatic carbocycles. The fraction of sp³-hybridized carbons (Fsp3) is 0.263. The molecule has 0 saturated carbocycles. The highest BCUT2D eigenvalue weighted by molar-refractivity contribution is 6.04. The van der Waals surface area contributed by atoms with Crippen LogP contribution in [0.2, 0.25) is 0 Å². The third-order valence-electron chi connectivity index (χ3n) is 4.34. The molecule has 1 N–H and O–H groups in total. The maximum atomic E-state index is 13.2. The van der Waals surface area contributed by atoms with Gasteiger partial charge in [0.05, 0.1) is 0 Å². The first kappa shape index (κ1) is 17.8. The molecular formula is C19H19F2N3O2. The molecule has 7 heteroatoms. The van der Waals surface area contributed by atoms with E-state index in [1.54, 1.807) is 19.1 Å². The van der Waals surface area contributed by atoms with E-state index in [1.165, 1.54) is 0 Å². The van der Waals surface area contributed by atoms with Crippen molar-refractivity contribution in [3.8, 4) is 0 Å². The summed E-state index contributed by atoms with van der Waals surface area (Å²) in [7, 11) is 0. The molecule has 3 rings (SSSR count). The van der Waals surface area contributed by atoms with Gasteiger partial charge in [-0.3, -0.25) is 9.59 Å². The van der Waals surface area contributed by atoms with Crippen LogP contribution in [-0.4, -0.2) is 42.9 Å². The van der Waals surface area contributed by atoms with Gasteiger partial charge in [-0.25, -0.2) is 8.78 Å². The Morgan fingerprint density at radius 2 is 1.50 bits per heavy atom. The molecule has 1 heterocycles. The molecule has 2 aromatic carbocycles. The summed E-state index contributed by atoms with van der Waals surface area (Å²) in [6.45, 7) is 4.41. The van der Waals surface area contributed by atoms with Crippen LogP contribution in [0.4, 0.5) is 20.2 Å². The number of carbonyl (C=O) groups is 2. The third-order valence-corrected chi connectivity index (χ3v) is 4.34. The fourth-order valence-electron chi connectivity index (χ4n) is 2.92. The predicted molar refractivity (Wildman–Crippen MR) is 95.2 cm³/mol. The van der Waals surface area contributed by atoms with Crippen LogP contribution in [0, 0.1) is 11.6 Å². The molecule has 5 nitrogen and oxygen atoms in total. The summed E-state index contributed by atoms with van der Waals surface area (Å²) in [5.74, 6) is -2.09. The number of amides is 2. The molecule has 2 aromatic rings. The standard InChI is InChI=1S/C19H19F2N3O2/c1-13(25)23-6-8-24(9-7-23)18-4-2-17(3-5-18)22-19(26)14-10-15(20)12-16(21)11-14/h2-5,10-12H,6-9H2,1H3,(H,22,26). The molecule has 0 aromatic heterocycles. The van der Waals surface area contributed by atoms with Gasteiger partial charge in [0.15, 0.2) is 0 Å². The van der Waals surface area contributed by atoms with E-state index in [9.17, 15) is 18.4 Å². The lowest BCUT2D eigenvalue weighted by Crippen LogP contribution is -2.48. The molecule has 2 amide bonds. The van der Waals surface area contributed by atoms with Gasteiger partial charge in [-0.1, -0.05) is 0 Å². The minimum atomic E-state index is -0.796. The van der Waals surface area contributed by atoms with E-state index in [1.807, 2.05) is 17.0 Å². The number of piperazine rings is 1. The monoisotopic (exact) mass is 359 g/mol. The summed E-state index contributed by atoms with van der Waals surface area (Å²) in [5, 5.41) is 2.62. The molecule has 26 heavy (non-hydrogen) atoms. The first-order valence-electron chi connectivity index (χ1n) is 8.30. The van der Waals surface area contributed by atoms with Gasteiger partial charge in [0.1, 0.15) is 11.6 Å². The van der Waals surface area contributed by atoms with Crippen LogP contribution in [-0.2, 0) is 4.79 Å². The van der Waals surface area contributed by atoms with Crippen LogP contribution < -0.4 is 10.2 Å². The maximum Gasteiger partial charge on any atom is 0.255 e. The Hall–Kier alpha value is -2.96. The largest absolute Gasteiger partial charge is 0.368 e. The van der Waals surface area contributed by atoms with E-state index in [0.29, 0.717) is 18.8 Å². The molecule has 1 saturated heterocycles. The first-order chi connectivity index (χ1) is 12.4. The number of carbonyl (C=O) groups excluding carboxylic acids is 2. The van der Waals surface area contributed by atoms with E-state index >= 15 is 0 Å². The maximum absolute atomic E-state index is 13.2. The van der Waals surface area contributed by atoms with Crippen LogP contribution in [0.25, 0.3) is 0 Å².